The second-order valence-electron chi connectivity index (χ2n) is 38.1. The SMILES string of the molecule is CC1CC2C3C4C5C6C7C8C9C%10C%11CC(C)C%11(C)C(C)C%10(C)[C@@H](C)[C@@H](C)C(C)C(C)C9(C)C8(C)[C@@H](C)[C@@H](C)C7(C)C(C)[C@@H](C)[C@@H](C)C6(C)C5(C)C4(C)C(C)C3(C)[C@@H](C)C2(C)C(C)C(C)[C@@H](C)[C@@H](C)[C@@H](C)C(C)C(C)C(C)C1C. The van der Waals surface area contributed by atoms with Crippen molar-refractivity contribution >= 4 is 0 Å². The average molecular weight is 1070 g/mol. The van der Waals surface area contributed by atoms with Gasteiger partial charge in [-0.05, 0) is 262 Å². The zero-order chi connectivity index (χ0) is 58.5. The van der Waals surface area contributed by atoms with Gasteiger partial charge in [0, 0.05) is 0 Å². The molecule has 0 saturated heterocycles. The van der Waals surface area contributed by atoms with Crippen molar-refractivity contribution in [2.75, 3.05) is 0 Å². The van der Waals surface area contributed by atoms with Crippen molar-refractivity contribution in [3.05, 3.63) is 0 Å². The molecule has 0 nitrogen and oxygen atoms in total. The van der Waals surface area contributed by atoms with E-state index in [2.05, 4.69) is 228 Å². The maximum atomic E-state index is 3.06. The average Bonchev–Trinajstić information content (AvgIpc) is 3.79. The van der Waals surface area contributed by atoms with Crippen molar-refractivity contribution in [3.63, 3.8) is 0 Å². The Morgan fingerprint density at radius 3 is 1.10 bits per heavy atom. The molecule has 43 atom stereocenters. The third kappa shape index (κ3) is 5.65. The van der Waals surface area contributed by atoms with Crippen LogP contribution in [0.15, 0.2) is 0 Å². The molecule has 0 amide bonds. The lowest BCUT2D eigenvalue weighted by molar-refractivity contribution is -0.439. The first-order chi connectivity index (χ1) is 35.6. The van der Waals surface area contributed by atoms with Crippen LogP contribution in [0.5, 0.6) is 0 Å². The van der Waals surface area contributed by atoms with Crippen molar-refractivity contribution in [2.45, 2.75) is 241 Å². The molecular weight excluding hydrogens is 937 g/mol. The Labute approximate surface area is 488 Å². The van der Waals surface area contributed by atoms with Gasteiger partial charge in [-0.15, -0.1) is 0 Å². The Balaban J connectivity index is 1.13. The third-order valence-corrected chi connectivity index (χ3v) is 41.0. The third-order valence-electron chi connectivity index (χ3n) is 41.0. The van der Waals surface area contributed by atoms with Gasteiger partial charge in [-0.3, -0.25) is 0 Å². The molecule has 0 heteroatoms. The summed E-state index contributed by atoms with van der Waals surface area (Å²) in [4.78, 5) is 0. The predicted octanol–water partition coefficient (Wildman–Crippen LogP) is 21.8. The standard InChI is InChI=1S/C78H136/c1-36-34-59-62-65-68-67-63-66-64-61-60-35-37(2)69(60,24)56(21)72(61,27)50(15)46(11)47(12)52(17)74(64,29)75(66,30)55(20)54(19)70(63,25)51(16)48(13)53(18)76(67,31)78(68,33)77(65,32)58(23)73(62,28)57(22)71(59,26)49(14)45(10)44(9)43(8)42(7)41(6)40(5)39(4)38(36)3/h36-68H,34-35H2,1-33H3/t36?,37?,38?,39?,40?,41?,42-,43-,44-,45?,46-,47?,48+,49?,50-,51?,52?,53+,54+,55-,56?,57-,58?,59?,60?,61?,62?,63?,64?,65?,66?,67?,68?,69?,70?,71?,72?,73?,74?,75?,76?,77?,78?/m0/s1. The minimum Gasteiger partial charge on any atom is -0.0622 e. The first-order valence-electron chi connectivity index (χ1n) is 35.6. The van der Waals surface area contributed by atoms with Crippen molar-refractivity contribution < 1.29 is 0 Å². The number of hydrogen-bond acceptors (Lipinski definition) is 0. The highest BCUT2D eigenvalue weighted by Gasteiger charge is 2.95. The molecule has 0 aromatic heterocycles. The highest BCUT2D eigenvalue weighted by Crippen LogP contribution is 2.99. The Kier molecular flexibility index (Phi) is 13.1. The number of hydrogen-bond donors (Lipinski definition) is 0. The van der Waals surface area contributed by atoms with Crippen LogP contribution in [0.25, 0.3) is 0 Å². The van der Waals surface area contributed by atoms with Gasteiger partial charge in [0.2, 0.25) is 0 Å². The van der Waals surface area contributed by atoms with E-state index in [-0.39, 0.29) is 0 Å². The molecule has 11 aliphatic carbocycles. The lowest BCUT2D eigenvalue weighted by atomic mass is 9.13. The molecule has 11 aliphatic rings. The molecule has 0 spiro atoms. The monoisotopic (exact) mass is 1070 g/mol. The summed E-state index contributed by atoms with van der Waals surface area (Å²) in [7, 11) is 0. The van der Waals surface area contributed by atoms with E-state index in [0.717, 1.165) is 166 Å². The van der Waals surface area contributed by atoms with Gasteiger partial charge < -0.3 is 0 Å². The molecule has 0 N–H and O–H groups in total. The van der Waals surface area contributed by atoms with Crippen LogP contribution in [0, 0.1) is 249 Å². The van der Waals surface area contributed by atoms with Crippen LogP contribution in [0.4, 0.5) is 0 Å². The Bertz CT molecular complexity index is 2360. The van der Waals surface area contributed by atoms with Crippen LogP contribution >= 0.6 is 0 Å². The lowest BCUT2D eigenvalue weighted by Crippen LogP contribution is -2.87. The van der Waals surface area contributed by atoms with Crippen LogP contribution < -0.4 is 0 Å². The first kappa shape index (κ1) is 59.7. The van der Waals surface area contributed by atoms with E-state index in [0.29, 0.717) is 83.7 Å². The van der Waals surface area contributed by atoms with Gasteiger partial charge in [0.25, 0.3) is 0 Å². The summed E-state index contributed by atoms with van der Waals surface area (Å²) in [5, 5.41) is 0. The summed E-state index contributed by atoms with van der Waals surface area (Å²) >= 11 is 0. The fourth-order valence-electron chi connectivity index (χ4n) is 32.3. The van der Waals surface area contributed by atoms with Crippen molar-refractivity contribution in [1.29, 1.82) is 0 Å². The summed E-state index contributed by atoms with van der Waals surface area (Å²) < 4.78 is 0. The van der Waals surface area contributed by atoms with Gasteiger partial charge in [-0.1, -0.05) is 228 Å². The normalized spacial score (nSPS) is 72.2. The topological polar surface area (TPSA) is 0 Å². The Morgan fingerprint density at radius 1 is 0.218 bits per heavy atom. The first-order valence-corrected chi connectivity index (χ1v) is 35.6. The molecular formula is C78H136. The molecule has 0 aromatic rings. The minimum atomic E-state index is 0.305. The smallest absolute Gasteiger partial charge is 0.0173 e. The van der Waals surface area contributed by atoms with E-state index >= 15 is 0 Å². The highest BCUT2D eigenvalue weighted by atomic mass is 15.0. The summed E-state index contributed by atoms with van der Waals surface area (Å²) in [6.07, 6.45) is 2.93. The van der Waals surface area contributed by atoms with E-state index in [4.69, 9.17) is 0 Å². The Hall–Kier alpha value is 0. The lowest BCUT2D eigenvalue weighted by Gasteiger charge is -2.90. The maximum absolute atomic E-state index is 3.06. The zero-order valence-corrected chi connectivity index (χ0v) is 58.5. The molecule has 0 bridgehead atoms. The number of rotatable bonds is 0. The molecule has 0 aromatic carbocycles. The molecule has 78 heavy (non-hydrogen) atoms. The van der Waals surface area contributed by atoms with Gasteiger partial charge in [0.1, 0.15) is 0 Å². The van der Waals surface area contributed by atoms with Crippen molar-refractivity contribution in [3.8, 4) is 0 Å². The fourth-order valence-corrected chi connectivity index (χ4v) is 32.3. The predicted molar refractivity (Wildman–Crippen MR) is 336 cm³/mol. The van der Waals surface area contributed by atoms with Crippen molar-refractivity contribution in [2.24, 2.45) is 249 Å². The van der Waals surface area contributed by atoms with E-state index in [9.17, 15) is 0 Å². The van der Waals surface area contributed by atoms with Gasteiger partial charge in [-0.25, -0.2) is 0 Å². The van der Waals surface area contributed by atoms with Gasteiger partial charge in [0.15, 0.2) is 0 Å². The molecule has 33 unspecified atom stereocenters. The van der Waals surface area contributed by atoms with Crippen LogP contribution in [0.2, 0.25) is 0 Å². The summed E-state index contributed by atoms with van der Waals surface area (Å²) in [6.45, 7) is 94.2. The van der Waals surface area contributed by atoms with Crippen LogP contribution in [-0.4, -0.2) is 0 Å². The quantitative estimate of drug-likeness (QED) is 0.227. The molecule has 11 saturated carbocycles. The van der Waals surface area contributed by atoms with E-state index in [1.807, 2.05) is 0 Å². The van der Waals surface area contributed by atoms with Crippen LogP contribution in [0.1, 0.15) is 241 Å². The van der Waals surface area contributed by atoms with Crippen LogP contribution in [0.3, 0.4) is 0 Å². The van der Waals surface area contributed by atoms with Gasteiger partial charge in [-0.2, -0.15) is 0 Å². The van der Waals surface area contributed by atoms with Gasteiger partial charge >= 0.3 is 0 Å². The minimum absolute atomic E-state index is 0.305. The fraction of sp³-hybridized carbons (Fsp3) is 1.00. The Morgan fingerprint density at radius 2 is 0.577 bits per heavy atom. The molecule has 11 rings (SSSR count). The van der Waals surface area contributed by atoms with E-state index in [1.165, 1.54) is 12.8 Å². The number of fused-ring (bicyclic) bond motifs is 22. The molecule has 0 aliphatic heterocycles. The second-order valence-corrected chi connectivity index (χ2v) is 38.1. The largest absolute Gasteiger partial charge is 0.0622 e. The second kappa shape index (κ2) is 17.2. The van der Waals surface area contributed by atoms with Crippen molar-refractivity contribution in [1.82, 2.24) is 0 Å². The molecule has 0 radical (unpaired) electrons. The molecule has 11 fully saturated rings. The summed E-state index contributed by atoms with van der Waals surface area (Å²) in [6, 6.07) is 0. The zero-order valence-electron chi connectivity index (χ0n) is 58.5. The maximum Gasteiger partial charge on any atom is -0.0173 e. The summed E-state index contributed by atoms with van der Waals surface area (Å²) in [5.74, 6) is 25.0. The van der Waals surface area contributed by atoms with Crippen LogP contribution in [-0.2, 0) is 0 Å². The van der Waals surface area contributed by atoms with E-state index in [1.54, 1.807) is 0 Å². The molecule has 0 heterocycles. The van der Waals surface area contributed by atoms with E-state index < -0.39 is 0 Å². The molecule has 448 valence electrons. The highest BCUT2D eigenvalue weighted by molar-refractivity contribution is 5.42. The summed E-state index contributed by atoms with van der Waals surface area (Å²) in [5.41, 5.74) is 3.41. The van der Waals surface area contributed by atoms with Gasteiger partial charge in [0.05, 0.1) is 0 Å².